The monoisotopic (exact) mass is 436 g/mol. The first-order valence-electron chi connectivity index (χ1n) is 9.39. The Morgan fingerprint density at radius 2 is 1.94 bits per heavy atom. The van der Waals surface area contributed by atoms with Crippen molar-refractivity contribution in [1.82, 2.24) is 25.0 Å². The molecule has 158 valence electrons. The minimum atomic E-state index is -0.315. The third-order valence-electron chi connectivity index (χ3n) is 4.47. The number of aryl methyl sites for hydroxylation is 2. The summed E-state index contributed by atoms with van der Waals surface area (Å²) in [5.41, 5.74) is 3.16. The highest BCUT2D eigenvalue weighted by Gasteiger charge is 2.15. The van der Waals surface area contributed by atoms with Crippen molar-refractivity contribution in [2.75, 3.05) is 12.4 Å². The van der Waals surface area contributed by atoms with Crippen LogP contribution >= 0.6 is 11.3 Å². The third kappa shape index (κ3) is 4.69. The summed E-state index contributed by atoms with van der Waals surface area (Å²) < 4.78 is 13.1. The van der Waals surface area contributed by atoms with E-state index in [2.05, 4.69) is 25.6 Å². The molecule has 10 heteroatoms. The lowest BCUT2D eigenvalue weighted by Gasteiger charge is -2.12. The molecule has 0 saturated carbocycles. The zero-order chi connectivity index (χ0) is 21.8. The smallest absolute Gasteiger partial charge is 0.257 e. The van der Waals surface area contributed by atoms with Gasteiger partial charge in [0.15, 0.2) is 11.5 Å². The van der Waals surface area contributed by atoms with E-state index in [1.807, 2.05) is 32.2 Å². The maximum Gasteiger partial charge on any atom is 0.257 e. The summed E-state index contributed by atoms with van der Waals surface area (Å²) in [6, 6.07) is 10.6. The third-order valence-corrected chi connectivity index (χ3v) is 5.36. The Labute approximate surface area is 182 Å². The lowest BCUT2D eigenvalue weighted by molar-refractivity contribution is 0.102. The Morgan fingerprint density at radius 3 is 2.65 bits per heavy atom. The predicted octanol–water partition coefficient (Wildman–Crippen LogP) is 3.48. The molecule has 1 amide bonds. The maximum atomic E-state index is 12.7. The van der Waals surface area contributed by atoms with Crippen LogP contribution in [0.15, 0.2) is 48.8 Å². The summed E-state index contributed by atoms with van der Waals surface area (Å²) in [6.07, 6.45) is 3.36. The van der Waals surface area contributed by atoms with Crippen molar-refractivity contribution >= 4 is 22.4 Å². The summed E-state index contributed by atoms with van der Waals surface area (Å²) in [7, 11) is 3.40. The largest absolute Gasteiger partial charge is 0.493 e. The fourth-order valence-corrected chi connectivity index (χ4v) is 3.68. The van der Waals surface area contributed by atoms with Gasteiger partial charge in [-0.2, -0.15) is 5.10 Å². The van der Waals surface area contributed by atoms with Crippen LogP contribution in [-0.4, -0.2) is 38.0 Å². The molecule has 1 N–H and O–H groups in total. The van der Waals surface area contributed by atoms with Crippen LogP contribution in [-0.2, 0) is 13.7 Å². The van der Waals surface area contributed by atoms with E-state index in [9.17, 15) is 4.79 Å². The van der Waals surface area contributed by atoms with E-state index < -0.39 is 0 Å². The molecular weight excluding hydrogens is 416 g/mol. The normalized spacial score (nSPS) is 10.7. The van der Waals surface area contributed by atoms with Gasteiger partial charge >= 0.3 is 0 Å². The molecule has 3 aromatic heterocycles. The second-order valence-electron chi connectivity index (χ2n) is 6.66. The quantitative estimate of drug-likeness (QED) is 0.473. The average molecular weight is 436 g/mol. The molecule has 0 saturated heterocycles. The van der Waals surface area contributed by atoms with E-state index >= 15 is 0 Å². The highest BCUT2D eigenvalue weighted by Crippen LogP contribution is 2.30. The molecular formula is C21H20N6O3S. The fraction of sp³-hybridized carbons (Fsp3) is 0.190. The molecule has 31 heavy (non-hydrogen) atoms. The molecule has 0 bridgehead atoms. The number of aromatic nitrogens is 5. The van der Waals surface area contributed by atoms with Crippen LogP contribution < -0.4 is 14.8 Å². The lowest BCUT2D eigenvalue weighted by Crippen LogP contribution is -2.12. The summed E-state index contributed by atoms with van der Waals surface area (Å²) in [5, 5.41) is 16.3. The number of carbonyl (C=O) groups excluding carboxylic acids is 1. The number of pyridine rings is 1. The van der Waals surface area contributed by atoms with Crippen LogP contribution in [0.4, 0.5) is 5.13 Å². The molecule has 1 aromatic carbocycles. The predicted molar refractivity (Wildman–Crippen MR) is 116 cm³/mol. The lowest BCUT2D eigenvalue weighted by atomic mass is 10.2. The number of benzene rings is 1. The van der Waals surface area contributed by atoms with Gasteiger partial charge in [0.1, 0.15) is 11.6 Å². The Hall–Kier alpha value is -3.79. The average Bonchev–Trinajstić information content (AvgIpc) is 3.38. The summed E-state index contributed by atoms with van der Waals surface area (Å²) >= 11 is 1.29. The first-order chi connectivity index (χ1) is 15.0. The number of nitrogens with one attached hydrogen (secondary N) is 1. The Morgan fingerprint density at radius 1 is 1.13 bits per heavy atom. The van der Waals surface area contributed by atoms with Crippen LogP contribution in [0.25, 0.3) is 10.6 Å². The standard InChI is InChI=1S/C21H20N6O3S/c1-13-10-16(27(2)26-13)12-30-17-5-4-15(11-18(17)29-3)19(28)23-21-25-24-20(31-21)14-6-8-22-9-7-14/h4-11H,12H2,1-3H3,(H,23,25,28). The molecule has 0 aliphatic heterocycles. The van der Waals surface area contributed by atoms with E-state index in [0.29, 0.717) is 33.8 Å². The number of hydrogen-bond acceptors (Lipinski definition) is 8. The molecule has 0 unspecified atom stereocenters. The number of ether oxygens (including phenoxy) is 2. The van der Waals surface area contributed by atoms with Crippen molar-refractivity contribution in [2.45, 2.75) is 13.5 Å². The summed E-state index contributed by atoms with van der Waals surface area (Å²) in [6.45, 7) is 2.26. The topological polar surface area (TPSA) is 104 Å². The van der Waals surface area contributed by atoms with Gasteiger partial charge < -0.3 is 9.47 Å². The van der Waals surface area contributed by atoms with Gasteiger partial charge in [0.25, 0.3) is 5.91 Å². The van der Waals surface area contributed by atoms with E-state index in [1.165, 1.54) is 18.4 Å². The number of nitrogens with zero attached hydrogens (tertiary/aromatic N) is 5. The first-order valence-corrected chi connectivity index (χ1v) is 10.2. The minimum Gasteiger partial charge on any atom is -0.493 e. The second-order valence-corrected chi connectivity index (χ2v) is 7.63. The van der Waals surface area contributed by atoms with E-state index in [0.717, 1.165) is 17.0 Å². The van der Waals surface area contributed by atoms with Crippen LogP contribution in [0, 0.1) is 6.92 Å². The molecule has 3 heterocycles. The van der Waals surface area contributed by atoms with Gasteiger partial charge in [0.05, 0.1) is 18.5 Å². The Kier molecular flexibility index (Phi) is 5.89. The van der Waals surface area contributed by atoms with Crippen molar-refractivity contribution < 1.29 is 14.3 Å². The molecule has 4 rings (SSSR count). The van der Waals surface area contributed by atoms with Gasteiger partial charge in [0.2, 0.25) is 5.13 Å². The van der Waals surface area contributed by atoms with Crippen LogP contribution in [0.1, 0.15) is 21.7 Å². The molecule has 0 aliphatic carbocycles. The highest BCUT2D eigenvalue weighted by molar-refractivity contribution is 7.18. The molecule has 0 fully saturated rings. The number of methoxy groups -OCH3 is 1. The van der Waals surface area contributed by atoms with Gasteiger partial charge in [-0.3, -0.25) is 19.8 Å². The van der Waals surface area contributed by atoms with Gasteiger partial charge in [0, 0.05) is 30.6 Å². The summed E-state index contributed by atoms with van der Waals surface area (Å²) in [4.78, 5) is 16.7. The van der Waals surface area contributed by atoms with Crippen molar-refractivity contribution in [3.8, 4) is 22.1 Å². The number of anilines is 1. The SMILES string of the molecule is COc1cc(C(=O)Nc2nnc(-c3ccncc3)s2)ccc1OCc1cc(C)nn1C. The van der Waals surface area contributed by atoms with Crippen LogP contribution in [0.2, 0.25) is 0 Å². The Bertz CT molecular complexity index is 1210. The van der Waals surface area contributed by atoms with Crippen molar-refractivity contribution in [2.24, 2.45) is 7.05 Å². The molecule has 0 spiro atoms. The van der Waals surface area contributed by atoms with Gasteiger partial charge in [-0.25, -0.2) is 0 Å². The molecule has 9 nitrogen and oxygen atoms in total. The van der Waals surface area contributed by atoms with Crippen LogP contribution in [0.3, 0.4) is 0 Å². The number of carbonyl (C=O) groups is 1. The van der Waals surface area contributed by atoms with E-state index in [-0.39, 0.29) is 5.91 Å². The number of amides is 1. The number of hydrogen-bond donors (Lipinski definition) is 1. The van der Waals surface area contributed by atoms with Gasteiger partial charge in [-0.05, 0) is 43.3 Å². The van der Waals surface area contributed by atoms with Gasteiger partial charge in [-0.15, -0.1) is 10.2 Å². The van der Waals surface area contributed by atoms with E-state index in [4.69, 9.17) is 9.47 Å². The molecule has 0 aliphatic rings. The van der Waals surface area contributed by atoms with Crippen molar-refractivity contribution in [3.05, 3.63) is 65.7 Å². The molecule has 0 atom stereocenters. The fourth-order valence-electron chi connectivity index (χ4n) is 2.93. The zero-order valence-electron chi connectivity index (χ0n) is 17.2. The molecule has 0 radical (unpaired) electrons. The van der Waals surface area contributed by atoms with Crippen molar-refractivity contribution in [1.29, 1.82) is 0 Å². The number of rotatable bonds is 7. The summed E-state index contributed by atoms with van der Waals surface area (Å²) in [5.74, 6) is 0.680. The maximum absolute atomic E-state index is 12.7. The second kappa shape index (κ2) is 8.92. The highest BCUT2D eigenvalue weighted by atomic mass is 32.1. The van der Waals surface area contributed by atoms with Crippen molar-refractivity contribution in [3.63, 3.8) is 0 Å². The minimum absolute atomic E-state index is 0.315. The van der Waals surface area contributed by atoms with Gasteiger partial charge in [-0.1, -0.05) is 11.3 Å². The Balaban J connectivity index is 1.45. The van der Waals surface area contributed by atoms with E-state index in [1.54, 1.807) is 35.3 Å². The molecule has 4 aromatic rings. The van der Waals surface area contributed by atoms with Crippen LogP contribution in [0.5, 0.6) is 11.5 Å². The first kappa shape index (κ1) is 20.5. The zero-order valence-corrected chi connectivity index (χ0v) is 18.0.